The summed E-state index contributed by atoms with van der Waals surface area (Å²) in [5, 5.41) is 2.82. The first-order valence-corrected chi connectivity index (χ1v) is 21.5. The molecule has 0 radical (unpaired) electrons. The number of methoxy groups -OCH3 is 2. The molecule has 2 unspecified atom stereocenters. The smallest absolute Gasteiger partial charge is 0.331 e. The molecule has 0 bridgehead atoms. The van der Waals surface area contributed by atoms with Crippen LogP contribution in [-0.4, -0.2) is 61.8 Å². The molecule has 13 nitrogen and oxygen atoms in total. The highest BCUT2D eigenvalue weighted by atomic mass is 35.5. The first-order valence-electron chi connectivity index (χ1n) is 19.6. The van der Waals surface area contributed by atoms with Crippen molar-refractivity contribution in [1.82, 2.24) is 10.1 Å². The number of sulfone groups is 1. The number of esters is 1. The van der Waals surface area contributed by atoms with E-state index in [1.807, 2.05) is 48.5 Å². The number of Topliss-reactive ketones (excluding diaryl/α,β-unsaturated/α-hetero) is 1. The summed E-state index contributed by atoms with van der Waals surface area (Å²) in [4.78, 5) is 42.5. The lowest BCUT2D eigenvalue weighted by Crippen LogP contribution is -2.57. The van der Waals surface area contributed by atoms with E-state index in [-0.39, 0.29) is 53.2 Å². The first kappa shape index (κ1) is 42.1. The number of benzene rings is 5. The lowest BCUT2D eigenvalue weighted by Gasteiger charge is -2.37. The highest BCUT2D eigenvalue weighted by molar-refractivity contribution is 7.93. The predicted octanol–water partition coefficient (Wildman–Crippen LogP) is 7.83. The molecule has 0 spiro atoms. The minimum Gasteiger partial charge on any atom is -0.497 e. The molecular formula is C47H41ClN2O11S. The summed E-state index contributed by atoms with van der Waals surface area (Å²) in [6.07, 6.45) is -1.60. The van der Waals surface area contributed by atoms with Gasteiger partial charge in [0.15, 0.2) is 39.3 Å². The molecule has 5 aromatic carbocycles. The molecule has 8 rings (SSSR count). The summed E-state index contributed by atoms with van der Waals surface area (Å²) in [7, 11) is -1.13. The molecule has 2 aliphatic heterocycles. The van der Waals surface area contributed by atoms with Crippen molar-refractivity contribution in [3.05, 3.63) is 172 Å². The Morgan fingerprint density at radius 1 is 0.823 bits per heavy atom. The van der Waals surface area contributed by atoms with Gasteiger partial charge in [-0.1, -0.05) is 102 Å². The maximum Gasteiger partial charge on any atom is 0.331 e. The van der Waals surface area contributed by atoms with Crippen molar-refractivity contribution in [3.63, 3.8) is 0 Å². The number of rotatable bonds is 16. The fourth-order valence-electron chi connectivity index (χ4n) is 7.71. The average molecular weight is 877 g/mol. The van der Waals surface area contributed by atoms with Gasteiger partial charge in [-0.25, -0.2) is 13.2 Å². The second kappa shape index (κ2) is 17.4. The molecule has 15 heteroatoms. The van der Waals surface area contributed by atoms with Gasteiger partial charge in [-0.15, -0.1) is 0 Å². The van der Waals surface area contributed by atoms with Crippen molar-refractivity contribution in [2.45, 2.75) is 55.2 Å². The molecule has 2 fully saturated rings. The van der Waals surface area contributed by atoms with Gasteiger partial charge in [-0.3, -0.25) is 9.59 Å². The summed E-state index contributed by atoms with van der Waals surface area (Å²) < 4.78 is 61.1. The number of amides is 1. The van der Waals surface area contributed by atoms with E-state index in [2.05, 4.69) is 5.16 Å². The van der Waals surface area contributed by atoms with Crippen LogP contribution in [0.1, 0.15) is 63.5 Å². The normalized spacial score (nSPS) is 18.7. The number of halogens is 1. The molecule has 3 heterocycles. The molecule has 1 amide bonds. The van der Waals surface area contributed by atoms with Crippen LogP contribution in [0.3, 0.4) is 0 Å². The van der Waals surface area contributed by atoms with E-state index in [0.29, 0.717) is 22.6 Å². The lowest BCUT2D eigenvalue weighted by atomic mass is 9.92. The van der Waals surface area contributed by atoms with Gasteiger partial charge < -0.3 is 33.1 Å². The van der Waals surface area contributed by atoms with Gasteiger partial charge >= 0.3 is 5.97 Å². The maximum atomic E-state index is 14.4. The SMILES string of the molecule is COc1ccc(COc2ccc(C(=O)Cc3cc(C4(C)[C@H](C(=O)OC(c5ccccc5)c5ccccc5)N5C(=O)CC5S4(=O)=O)no3)c(Cl)c2OCc2ccc(OC)cc2)cc1. The third-order valence-electron chi connectivity index (χ3n) is 11.2. The fraction of sp³-hybridized carbons (Fsp3) is 0.234. The van der Waals surface area contributed by atoms with E-state index in [4.69, 9.17) is 39.8 Å². The molecule has 0 N–H and O–H groups in total. The average Bonchev–Trinajstić information content (AvgIpc) is 3.82. The van der Waals surface area contributed by atoms with E-state index in [1.54, 1.807) is 80.9 Å². The Kier molecular flexibility index (Phi) is 11.8. The number of aromatic nitrogens is 1. The fourth-order valence-corrected chi connectivity index (χ4v) is 10.4. The number of nitrogens with zero attached hydrogens (tertiary/aromatic N) is 2. The van der Waals surface area contributed by atoms with E-state index in [0.717, 1.165) is 16.0 Å². The Morgan fingerprint density at radius 2 is 1.39 bits per heavy atom. The highest BCUT2D eigenvalue weighted by Gasteiger charge is 2.72. The molecule has 2 saturated heterocycles. The van der Waals surface area contributed by atoms with Crippen LogP contribution in [0.4, 0.5) is 0 Å². The third kappa shape index (κ3) is 7.87. The second-order valence-electron chi connectivity index (χ2n) is 15.0. The molecule has 2 aliphatic rings. The summed E-state index contributed by atoms with van der Waals surface area (Å²) >= 11 is 6.94. The third-order valence-corrected chi connectivity index (χ3v) is 14.3. The minimum atomic E-state index is -4.29. The van der Waals surface area contributed by atoms with Gasteiger partial charge in [-0.05, 0) is 65.6 Å². The van der Waals surface area contributed by atoms with Crippen LogP contribution >= 0.6 is 11.6 Å². The van der Waals surface area contributed by atoms with E-state index in [9.17, 15) is 22.8 Å². The molecule has 3 atom stereocenters. The van der Waals surface area contributed by atoms with Crippen LogP contribution < -0.4 is 18.9 Å². The zero-order chi connectivity index (χ0) is 43.6. The van der Waals surface area contributed by atoms with Crippen molar-refractivity contribution in [2.75, 3.05) is 14.2 Å². The molecule has 0 aliphatic carbocycles. The van der Waals surface area contributed by atoms with Gasteiger partial charge in [-0.2, -0.15) is 0 Å². The maximum absolute atomic E-state index is 14.4. The van der Waals surface area contributed by atoms with Crippen molar-refractivity contribution in [3.8, 4) is 23.0 Å². The molecule has 1 aromatic heterocycles. The topological polar surface area (TPSA) is 161 Å². The van der Waals surface area contributed by atoms with Gasteiger partial charge in [0.25, 0.3) is 0 Å². The Bertz CT molecular complexity index is 2670. The zero-order valence-corrected chi connectivity index (χ0v) is 35.4. The Labute approximate surface area is 363 Å². The highest BCUT2D eigenvalue weighted by Crippen LogP contribution is 2.52. The van der Waals surface area contributed by atoms with E-state index >= 15 is 0 Å². The first-order chi connectivity index (χ1) is 29.9. The largest absolute Gasteiger partial charge is 0.497 e. The number of ether oxygens (including phenoxy) is 5. The van der Waals surface area contributed by atoms with Crippen LogP contribution in [0.2, 0.25) is 5.02 Å². The van der Waals surface area contributed by atoms with Crippen LogP contribution in [0.15, 0.2) is 132 Å². The molecule has 318 valence electrons. The Morgan fingerprint density at radius 3 is 1.94 bits per heavy atom. The van der Waals surface area contributed by atoms with E-state index < -0.39 is 56.2 Å². The minimum absolute atomic E-state index is 0.00263. The summed E-state index contributed by atoms with van der Waals surface area (Å²) in [5.74, 6) is -0.177. The standard InChI is InChI=1S/C47H41ClN2O11S/c1-47(45(50-40(52)26-41(50)62(47,54)55)46(53)60-43(31-10-6-4-7-11-31)32-12-8-5-9-13-32)39-25-35(61-49-39)24-37(51)36-22-23-38(58-27-29-14-18-33(56-2)19-15-29)44(42(36)48)59-28-30-16-20-34(57-3)21-17-30/h4-23,25,41,43,45H,24,26-28H2,1-3H3/t41?,45-,47?/m0/s1. The number of carbonyl (C=O) groups excluding carboxylic acids is 3. The monoisotopic (exact) mass is 876 g/mol. The van der Waals surface area contributed by atoms with Gasteiger partial charge in [0, 0.05) is 11.6 Å². The summed E-state index contributed by atoms with van der Waals surface area (Å²) in [6, 6.07) is 35.4. The van der Waals surface area contributed by atoms with Crippen LogP contribution in [0.25, 0.3) is 0 Å². The molecular weight excluding hydrogens is 836 g/mol. The van der Waals surface area contributed by atoms with Crippen molar-refractivity contribution >= 4 is 39.1 Å². The van der Waals surface area contributed by atoms with Crippen LogP contribution in [0.5, 0.6) is 23.0 Å². The summed E-state index contributed by atoms with van der Waals surface area (Å²) in [5.41, 5.74) is 2.86. The second-order valence-corrected chi connectivity index (χ2v) is 17.8. The quantitative estimate of drug-likeness (QED) is 0.0528. The molecule has 62 heavy (non-hydrogen) atoms. The van der Waals surface area contributed by atoms with E-state index in [1.165, 1.54) is 19.1 Å². The Hall–Kier alpha value is -6.64. The van der Waals surface area contributed by atoms with Crippen LogP contribution in [0, 0.1) is 0 Å². The number of carbonyl (C=O) groups is 3. The lowest BCUT2D eigenvalue weighted by molar-refractivity contribution is -0.164. The molecule has 0 saturated carbocycles. The summed E-state index contributed by atoms with van der Waals surface area (Å²) in [6.45, 7) is 1.57. The predicted molar refractivity (Wildman–Crippen MR) is 227 cm³/mol. The zero-order valence-electron chi connectivity index (χ0n) is 33.9. The number of β-lactam (4-membered cyclic amide) rings is 1. The van der Waals surface area contributed by atoms with Crippen molar-refractivity contribution in [2.24, 2.45) is 0 Å². The Balaban J connectivity index is 1.06. The van der Waals surface area contributed by atoms with Crippen LogP contribution in [-0.2, 0) is 48.5 Å². The molecule has 6 aromatic rings. The van der Waals surface area contributed by atoms with Crippen molar-refractivity contribution in [1.29, 1.82) is 0 Å². The van der Waals surface area contributed by atoms with Gasteiger partial charge in [0.1, 0.15) is 46.3 Å². The van der Waals surface area contributed by atoms with Gasteiger partial charge in [0.05, 0.1) is 32.1 Å². The van der Waals surface area contributed by atoms with Gasteiger partial charge in [0.2, 0.25) is 5.91 Å². The number of hydrogen-bond acceptors (Lipinski definition) is 12. The number of ketones is 1. The van der Waals surface area contributed by atoms with Crippen molar-refractivity contribution < 1.29 is 51.0 Å². The number of hydrogen-bond donors (Lipinski definition) is 0. The number of fused-ring (bicyclic) bond motifs is 1.